The lowest BCUT2D eigenvalue weighted by atomic mass is 10.1. The molecule has 1 amide bonds. The van der Waals surface area contributed by atoms with Crippen molar-refractivity contribution < 1.29 is 23.2 Å². The van der Waals surface area contributed by atoms with Crippen LogP contribution in [0.3, 0.4) is 0 Å². The van der Waals surface area contributed by atoms with Crippen molar-refractivity contribution in [1.29, 1.82) is 0 Å². The molecule has 0 bridgehead atoms. The standard InChI is InChI=1S/C11H12F3N3O2/c12-11(13,14)6-10(18)16-8-3-1-7(2-4-8)5-9(15)17-19/h1-4,19H,5-6H2,(H2,15,17)(H,16,18). The molecule has 0 unspecified atom stereocenters. The van der Waals surface area contributed by atoms with Crippen LogP contribution < -0.4 is 11.1 Å². The predicted octanol–water partition coefficient (Wildman–Crippen LogP) is 1.87. The Labute approximate surface area is 106 Å². The Bertz CT molecular complexity index is 469. The molecule has 4 N–H and O–H groups in total. The summed E-state index contributed by atoms with van der Waals surface area (Å²) in [6.07, 6.45) is -5.86. The maximum Gasteiger partial charge on any atom is 0.397 e. The highest BCUT2D eigenvalue weighted by Crippen LogP contribution is 2.20. The highest BCUT2D eigenvalue weighted by atomic mass is 19.4. The Hall–Kier alpha value is -2.25. The van der Waals surface area contributed by atoms with Crippen molar-refractivity contribution in [3.63, 3.8) is 0 Å². The van der Waals surface area contributed by atoms with Gasteiger partial charge in [0.05, 0.1) is 0 Å². The minimum Gasteiger partial charge on any atom is -0.409 e. The number of hydrogen-bond acceptors (Lipinski definition) is 3. The summed E-state index contributed by atoms with van der Waals surface area (Å²) < 4.78 is 35.8. The summed E-state index contributed by atoms with van der Waals surface area (Å²) in [6, 6.07) is 5.99. The van der Waals surface area contributed by atoms with Crippen molar-refractivity contribution in [2.75, 3.05) is 5.32 Å². The number of carbonyl (C=O) groups excluding carboxylic acids is 1. The molecule has 0 saturated heterocycles. The quantitative estimate of drug-likeness (QED) is 0.339. The van der Waals surface area contributed by atoms with E-state index in [0.717, 1.165) is 0 Å². The normalized spacial score (nSPS) is 12.3. The van der Waals surface area contributed by atoms with Gasteiger partial charge < -0.3 is 16.3 Å². The number of nitrogens with two attached hydrogens (primary N) is 1. The van der Waals surface area contributed by atoms with E-state index in [1.54, 1.807) is 12.1 Å². The van der Waals surface area contributed by atoms with Crippen molar-refractivity contribution in [2.24, 2.45) is 10.9 Å². The molecule has 1 rings (SSSR count). The third-order valence-electron chi connectivity index (χ3n) is 2.11. The summed E-state index contributed by atoms with van der Waals surface area (Å²) in [7, 11) is 0. The lowest BCUT2D eigenvalue weighted by Gasteiger charge is -2.08. The Kier molecular flexibility index (Phi) is 4.74. The second-order valence-electron chi connectivity index (χ2n) is 3.81. The van der Waals surface area contributed by atoms with Crippen LogP contribution in [0, 0.1) is 0 Å². The SMILES string of the molecule is NC(Cc1ccc(NC(=O)CC(F)(F)F)cc1)=NO. The molecule has 0 spiro atoms. The van der Waals surface area contributed by atoms with Gasteiger partial charge >= 0.3 is 6.18 Å². The molecule has 0 heterocycles. The zero-order valence-electron chi connectivity index (χ0n) is 9.74. The van der Waals surface area contributed by atoms with E-state index in [0.29, 0.717) is 5.56 Å². The lowest BCUT2D eigenvalue weighted by molar-refractivity contribution is -0.150. The molecule has 1 aromatic carbocycles. The number of amides is 1. The fraction of sp³-hybridized carbons (Fsp3) is 0.273. The highest BCUT2D eigenvalue weighted by Gasteiger charge is 2.31. The fourth-order valence-electron chi connectivity index (χ4n) is 1.34. The first-order chi connectivity index (χ1) is 8.80. The van der Waals surface area contributed by atoms with Crippen molar-refractivity contribution in [3.05, 3.63) is 29.8 Å². The van der Waals surface area contributed by atoms with Crippen LogP contribution >= 0.6 is 0 Å². The van der Waals surface area contributed by atoms with E-state index in [1.807, 2.05) is 0 Å². The number of oxime groups is 1. The Morgan fingerprint density at radius 3 is 2.37 bits per heavy atom. The number of nitrogens with one attached hydrogen (secondary N) is 1. The first-order valence-corrected chi connectivity index (χ1v) is 5.22. The van der Waals surface area contributed by atoms with Crippen LogP contribution in [0.1, 0.15) is 12.0 Å². The van der Waals surface area contributed by atoms with E-state index in [1.165, 1.54) is 12.1 Å². The summed E-state index contributed by atoms with van der Waals surface area (Å²) in [4.78, 5) is 11.0. The van der Waals surface area contributed by atoms with Gasteiger partial charge in [0.15, 0.2) is 0 Å². The summed E-state index contributed by atoms with van der Waals surface area (Å²) in [5.74, 6) is -1.12. The van der Waals surface area contributed by atoms with Crippen LogP contribution in [-0.2, 0) is 11.2 Å². The smallest absolute Gasteiger partial charge is 0.397 e. The molecule has 0 atom stereocenters. The average molecular weight is 275 g/mol. The third kappa shape index (κ3) is 5.75. The monoisotopic (exact) mass is 275 g/mol. The van der Waals surface area contributed by atoms with Crippen LogP contribution in [0.2, 0.25) is 0 Å². The van der Waals surface area contributed by atoms with Crippen molar-refractivity contribution >= 4 is 17.4 Å². The second-order valence-corrected chi connectivity index (χ2v) is 3.81. The third-order valence-corrected chi connectivity index (χ3v) is 2.11. The van der Waals surface area contributed by atoms with Crippen LogP contribution in [-0.4, -0.2) is 23.1 Å². The largest absolute Gasteiger partial charge is 0.409 e. The van der Waals surface area contributed by atoms with E-state index in [-0.39, 0.29) is 17.9 Å². The van der Waals surface area contributed by atoms with Crippen molar-refractivity contribution in [3.8, 4) is 0 Å². The molecule has 19 heavy (non-hydrogen) atoms. The van der Waals surface area contributed by atoms with Gasteiger partial charge in [-0.05, 0) is 17.7 Å². The number of hydrogen-bond donors (Lipinski definition) is 3. The maximum absolute atomic E-state index is 11.9. The second kappa shape index (κ2) is 6.07. The molecule has 0 saturated carbocycles. The number of carbonyl (C=O) groups is 1. The number of alkyl halides is 3. The van der Waals surface area contributed by atoms with Crippen LogP contribution in [0.15, 0.2) is 29.4 Å². The highest BCUT2D eigenvalue weighted by molar-refractivity contribution is 5.91. The molecule has 1 aromatic rings. The van der Waals surface area contributed by atoms with Gasteiger partial charge in [-0.25, -0.2) is 0 Å². The summed E-state index contributed by atoms with van der Waals surface area (Å²) >= 11 is 0. The number of rotatable bonds is 4. The van der Waals surface area contributed by atoms with Crippen LogP contribution in [0.5, 0.6) is 0 Å². The lowest BCUT2D eigenvalue weighted by Crippen LogP contribution is -2.21. The molecule has 0 aliphatic rings. The van der Waals surface area contributed by atoms with Gasteiger partial charge in [-0.15, -0.1) is 0 Å². The fourth-order valence-corrected chi connectivity index (χ4v) is 1.34. The van der Waals surface area contributed by atoms with Gasteiger partial charge in [0, 0.05) is 12.1 Å². The Morgan fingerprint density at radius 1 is 1.32 bits per heavy atom. The van der Waals surface area contributed by atoms with Gasteiger partial charge in [0.1, 0.15) is 12.3 Å². The van der Waals surface area contributed by atoms with E-state index >= 15 is 0 Å². The zero-order chi connectivity index (χ0) is 14.5. The molecule has 104 valence electrons. The minimum absolute atomic E-state index is 0.00820. The zero-order valence-corrected chi connectivity index (χ0v) is 9.74. The first kappa shape index (κ1) is 14.8. The van der Waals surface area contributed by atoms with Gasteiger partial charge in [-0.2, -0.15) is 13.2 Å². The topological polar surface area (TPSA) is 87.7 Å². The molecule has 0 aliphatic carbocycles. The van der Waals surface area contributed by atoms with Gasteiger partial charge in [-0.3, -0.25) is 4.79 Å². The number of nitrogens with zero attached hydrogens (tertiary/aromatic N) is 1. The molecule has 0 aliphatic heterocycles. The van der Waals surface area contributed by atoms with Gasteiger partial charge in [-0.1, -0.05) is 17.3 Å². The summed E-state index contributed by atoms with van der Waals surface area (Å²) in [5, 5.41) is 13.3. The van der Waals surface area contributed by atoms with E-state index in [2.05, 4.69) is 10.5 Å². The molecule has 0 aromatic heterocycles. The van der Waals surface area contributed by atoms with E-state index in [4.69, 9.17) is 10.9 Å². The molecule has 0 radical (unpaired) electrons. The molecular formula is C11H12F3N3O2. The van der Waals surface area contributed by atoms with Crippen molar-refractivity contribution in [1.82, 2.24) is 0 Å². The van der Waals surface area contributed by atoms with Gasteiger partial charge in [0.25, 0.3) is 0 Å². The molecular weight excluding hydrogens is 263 g/mol. The average Bonchev–Trinajstić information content (AvgIpc) is 2.29. The minimum atomic E-state index is -4.53. The summed E-state index contributed by atoms with van der Waals surface area (Å²) in [5.41, 5.74) is 6.24. The van der Waals surface area contributed by atoms with Crippen LogP contribution in [0.25, 0.3) is 0 Å². The van der Waals surface area contributed by atoms with Gasteiger partial charge in [0.2, 0.25) is 5.91 Å². The number of anilines is 1. The Morgan fingerprint density at radius 2 is 1.89 bits per heavy atom. The number of halogens is 3. The number of benzene rings is 1. The van der Waals surface area contributed by atoms with Crippen LogP contribution in [0.4, 0.5) is 18.9 Å². The summed E-state index contributed by atoms with van der Waals surface area (Å²) in [6.45, 7) is 0. The molecule has 8 heteroatoms. The Balaban J connectivity index is 2.60. The van der Waals surface area contributed by atoms with E-state index in [9.17, 15) is 18.0 Å². The maximum atomic E-state index is 11.9. The molecule has 0 fully saturated rings. The first-order valence-electron chi connectivity index (χ1n) is 5.22. The van der Waals surface area contributed by atoms with E-state index < -0.39 is 18.5 Å². The molecule has 5 nitrogen and oxygen atoms in total. The predicted molar refractivity (Wildman–Crippen MR) is 62.9 cm³/mol. The van der Waals surface area contributed by atoms with Crippen molar-refractivity contribution in [2.45, 2.75) is 19.0 Å². The number of amidine groups is 1.